The molecule has 2 aromatic rings. The van der Waals surface area contributed by atoms with E-state index in [4.69, 9.17) is 0 Å². The quantitative estimate of drug-likeness (QED) is 0.730. The van der Waals surface area contributed by atoms with Crippen molar-refractivity contribution in [2.24, 2.45) is 0 Å². The van der Waals surface area contributed by atoms with E-state index in [1.807, 2.05) is 0 Å². The van der Waals surface area contributed by atoms with E-state index in [0.717, 1.165) is 30.5 Å². The average Bonchev–Trinajstić information content (AvgIpc) is 2.28. The molecule has 1 N–H and O–H groups in total. The van der Waals surface area contributed by atoms with Crippen LogP contribution >= 0.6 is 0 Å². The first-order valence-electron chi connectivity index (χ1n) is 5.83. The van der Waals surface area contributed by atoms with Gasteiger partial charge in [-0.2, -0.15) is 0 Å². The normalized spacial score (nSPS) is 19.8. The smallest absolute Gasteiger partial charge is 0.0962 e. The summed E-state index contributed by atoms with van der Waals surface area (Å²) in [7, 11) is 0. The number of nitrogens with zero attached hydrogens (tertiary/aromatic N) is 1. The summed E-state index contributed by atoms with van der Waals surface area (Å²) >= 11 is 0. The Bertz CT molecular complexity index is 548. The molecular formula is C14H15NO. The molecular weight excluding hydrogens is 198 g/mol. The summed E-state index contributed by atoms with van der Waals surface area (Å²) in [5.74, 6) is 0. The van der Waals surface area contributed by atoms with Crippen molar-refractivity contribution in [2.45, 2.75) is 32.3 Å². The van der Waals surface area contributed by atoms with E-state index < -0.39 is 0 Å². The largest absolute Gasteiger partial charge is 0.387 e. The van der Waals surface area contributed by atoms with Crippen molar-refractivity contribution >= 4 is 10.9 Å². The van der Waals surface area contributed by atoms with Crippen molar-refractivity contribution in [3.05, 3.63) is 41.1 Å². The topological polar surface area (TPSA) is 33.1 Å². The number of rotatable bonds is 0. The summed E-state index contributed by atoms with van der Waals surface area (Å²) in [4.78, 5) is 4.65. The number of aliphatic hydroxyl groups excluding tert-OH is 1. The van der Waals surface area contributed by atoms with Gasteiger partial charge in [0.05, 0.1) is 17.3 Å². The van der Waals surface area contributed by atoms with Crippen LogP contribution in [0, 0.1) is 6.92 Å². The van der Waals surface area contributed by atoms with Crippen LogP contribution in [-0.4, -0.2) is 10.1 Å². The van der Waals surface area contributed by atoms with Crippen LogP contribution < -0.4 is 0 Å². The lowest BCUT2D eigenvalue weighted by Crippen LogP contribution is -2.11. The molecule has 0 saturated carbocycles. The first kappa shape index (κ1) is 9.79. The Morgan fingerprint density at radius 3 is 3.12 bits per heavy atom. The second-order valence-corrected chi connectivity index (χ2v) is 4.59. The van der Waals surface area contributed by atoms with Gasteiger partial charge in [0.1, 0.15) is 0 Å². The van der Waals surface area contributed by atoms with Crippen LogP contribution in [-0.2, 0) is 6.42 Å². The maximum atomic E-state index is 9.95. The number of aryl methyl sites for hydroxylation is 2. The van der Waals surface area contributed by atoms with Gasteiger partial charge in [-0.05, 0) is 43.4 Å². The van der Waals surface area contributed by atoms with Crippen LogP contribution in [0.5, 0.6) is 0 Å². The Kier molecular flexibility index (Phi) is 2.18. The zero-order chi connectivity index (χ0) is 11.1. The molecule has 82 valence electrons. The molecule has 1 aliphatic carbocycles. The fourth-order valence-corrected chi connectivity index (χ4v) is 2.52. The molecule has 0 fully saturated rings. The highest BCUT2D eigenvalue weighted by molar-refractivity contribution is 5.82. The van der Waals surface area contributed by atoms with Crippen molar-refractivity contribution in [3.8, 4) is 0 Å². The van der Waals surface area contributed by atoms with E-state index in [1.54, 1.807) is 0 Å². The summed E-state index contributed by atoms with van der Waals surface area (Å²) in [6.07, 6.45) is 2.58. The van der Waals surface area contributed by atoms with Crippen molar-refractivity contribution in [2.75, 3.05) is 0 Å². The molecule has 0 aliphatic heterocycles. The van der Waals surface area contributed by atoms with E-state index in [1.165, 1.54) is 16.5 Å². The van der Waals surface area contributed by atoms with Crippen LogP contribution in [0.3, 0.4) is 0 Å². The predicted octanol–water partition coefficient (Wildman–Crippen LogP) is 2.91. The van der Waals surface area contributed by atoms with Crippen LogP contribution in [0.4, 0.5) is 0 Å². The van der Waals surface area contributed by atoms with Crippen molar-refractivity contribution in [3.63, 3.8) is 0 Å². The Balaban J connectivity index is 2.31. The molecule has 1 aliphatic rings. The van der Waals surface area contributed by atoms with Gasteiger partial charge in [0.15, 0.2) is 0 Å². The second-order valence-electron chi connectivity index (χ2n) is 4.59. The minimum Gasteiger partial charge on any atom is -0.387 e. The maximum absolute atomic E-state index is 9.95. The molecule has 0 radical (unpaired) electrons. The van der Waals surface area contributed by atoms with Crippen LogP contribution in [0.2, 0.25) is 0 Å². The van der Waals surface area contributed by atoms with E-state index >= 15 is 0 Å². The number of para-hydroxylation sites is 1. The molecule has 1 atom stereocenters. The molecule has 16 heavy (non-hydrogen) atoms. The highest BCUT2D eigenvalue weighted by Crippen LogP contribution is 2.31. The summed E-state index contributed by atoms with van der Waals surface area (Å²) in [5.41, 5.74) is 4.32. The minimum absolute atomic E-state index is 0.368. The van der Waals surface area contributed by atoms with Crippen LogP contribution in [0.15, 0.2) is 24.3 Å². The van der Waals surface area contributed by atoms with Gasteiger partial charge in [0, 0.05) is 5.39 Å². The fourth-order valence-electron chi connectivity index (χ4n) is 2.52. The lowest BCUT2D eigenvalue weighted by atomic mass is 9.92. The van der Waals surface area contributed by atoms with Gasteiger partial charge in [-0.1, -0.05) is 18.2 Å². The highest BCUT2D eigenvalue weighted by Gasteiger charge is 2.20. The summed E-state index contributed by atoms with van der Waals surface area (Å²) in [6, 6.07) is 8.41. The van der Waals surface area contributed by atoms with Gasteiger partial charge >= 0.3 is 0 Å². The molecule has 1 aromatic heterocycles. The SMILES string of the molecule is Cc1cccc2cc3c(nc12)C(O)CCC3. The number of hydrogen-bond acceptors (Lipinski definition) is 2. The van der Waals surface area contributed by atoms with Gasteiger partial charge in [-0.3, -0.25) is 0 Å². The zero-order valence-electron chi connectivity index (χ0n) is 9.40. The molecule has 0 amide bonds. The highest BCUT2D eigenvalue weighted by atomic mass is 16.3. The van der Waals surface area contributed by atoms with E-state index in [-0.39, 0.29) is 6.10 Å². The van der Waals surface area contributed by atoms with E-state index in [2.05, 4.69) is 36.2 Å². The predicted molar refractivity (Wildman–Crippen MR) is 64.4 cm³/mol. The molecule has 0 saturated heterocycles. The summed E-state index contributed by atoms with van der Waals surface area (Å²) < 4.78 is 0. The van der Waals surface area contributed by atoms with E-state index in [0.29, 0.717) is 0 Å². The first-order chi connectivity index (χ1) is 7.75. The third-order valence-corrected chi connectivity index (χ3v) is 3.40. The monoisotopic (exact) mass is 213 g/mol. The van der Waals surface area contributed by atoms with Gasteiger partial charge < -0.3 is 5.11 Å². The molecule has 1 unspecified atom stereocenters. The van der Waals surface area contributed by atoms with Gasteiger partial charge in [0.2, 0.25) is 0 Å². The summed E-state index contributed by atoms with van der Waals surface area (Å²) in [6.45, 7) is 2.07. The van der Waals surface area contributed by atoms with Crippen molar-refractivity contribution < 1.29 is 5.11 Å². The number of aromatic nitrogens is 1. The second kappa shape index (κ2) is 3.56. The number of fused-ring (bicyclic) bond motifs is 2. The number of benzene rings is 1. The Morgan fingerprint density at radius 2 is 2.25 bits per heavy atom. The van der Waals surface area contributed by atoms with E-state index in [9.17, 15) is 5.11 Å². The lowest BCUT2D eigenvalue weighted by Gasteiger charge is -2.21. The Labute approximate surface area is 94.9 Å². The average molecular weight is 213 g/mol. The third-order valence-electron chi connectivity index (χ3n) is 3.40. The van der Waals surface area contributed by atoms with Crippen LogP contribution in [0.1, 0.15) is 35.8 Å². The zero-order valence-corrected chi connectivity index (χ0v) is 9.40. The number of hydrogen-bond donors (Lipinski definition) is 1. The molecule has 0 bridgehead atoms. The molecule has 1 heterocycles. The molecule has 1 aromatic carbocycles. The Hall–Kier alpha value is -1.41. The maximum Gasteiger partial charge on any atom is 0.0962 e. The molecule has 2 heteroatoms. The van der Waals surface area contributed by atoms with Crippen molar-refractivity contribution in [1.82, 2.24) is 4.98 Å². The molecule has 0 spiro atoms. The van der Waals surface area contributed by atoms with Crippen molar-refractivity contribution in [1.29, 1.82) is 0 Å². The number of pyridine rings is 1. The summed E-state index contributed by atoms with van der Waals surface area (Å²) in [5, 5.41) is 11.1. The van der Waals surface area contributed by atoms with Gasteiger partial charge in [0.25, 0.3) is 0 Å². The third kappa shape index (κ3) is 1.41. The van der Waals surface area contributed by atoms with Gasteiger partial charge in [-0.15, -0.1) is 0 Å². The molecule has 3 rings (SSSR count). The lowest BCUT2D eigenvalue weighted by molar-refractivity contribution is 0.152. The van der Waals surface area contributed by atoms with Gasteiger partial charge in [-0.25, -0.2) is 4.98 Å². The minimum atomic E-state index is -0.368. The fraction of sp³-hybridized carbons (Fsp3) is 0.357. The molecule has 2 nitrogen and oxygen atoms in total. The Morgan fingerprint density at radius 1 is 1.38 bits per heavy atom. The first-order valence-corrected chi connectivity index (χ1v) is 5.83. The van der Waals surface area contributed by atoms with Crippen LogP contribution in [0.25, 0.3) is 10.9 Å². The number of aliphatic hydroxyl groups is 1. The standard InChI is InChI=1S/C14H15NO/c1-9-4-2-5-10-8-11-6-3-7-12(16)14(11)15-13(9)10/h2,4-5,8,12,16H,3,6-7H2,1H3.